The molecule has 168 valence electrons. The summed E-state index contributed by atoms with van der Waals surface area (Å²) in [6.07, 6.45) is 12.0. The van der Waals surface area contributed by atoms with Crippen molar-refractivity contribution in [3.05, 3.63) is 72.0 Å². The highest BCUT2D eigenvalue weighted by atomic mass is 19.1. The Morgan fingerprint density at radius 3 is 2.32 bits per heavy atom. The number of hydrogen-bond donors (Lipinski definition) is 1. The second kappa shape index (κ2) is 14.2. The number of halogens is 2. The maximum Gasteiger partial charge on any atom is 0.149 e. The largest absolute Gasteiger partial charge is 0.323 e. The van der Waals surface area contributed by atoms with Gasteiger partial charge in [0.15, 0.2) is 0 Å². The van der Waals surface area contributed by atoms with E-state index in [2.05, 4.69) is 23.6 Å². The van der Waals surface area contributed by atoms with Gasteiger partial charge in [-0.25, -0.2) is 13.8 Å². The first-order valence-electron chi connectivity index (χ1n) is 10.9. The molecule has 0 aliphatic heterocycles. The van der Waals surface area contributed by atoms with Crippen LogP contribution in [0, 0.1) is 24.5 Å². The van der Waals surface area contributed by atoms with Crippen molar-refractivity contribution in [2.45, 2.75) is 59.8 Å². The molecule has 3 rings (SSSR count). The smallest absolute Gasteiger partial charge is 0.149 e. The summed E-state index contributed by atoms with van der Waals surface area (Å²) in [5.41, 5.74) is 1.72. The fourth-order valence-electron chi connectivity index (χ4n) is 3.33. The van der Waals surface area contributed by atoms with E-state index < -0.39 is 11.6 Å². The average molecular weight is 428 g/mol. The summed E-state index contributed by atoms with van der Waals surface area (Å²) in [5, 5.41) is 3.32. The van der Waals surface area contributed by atoms with Crippen LogP contribution in [0.5, 0.6) is 0 Å². The highest BCUT2D eigenvalue weighted by Crippen LogP contribution is 2.28. The summed E-state index contributed by atoms with van der Waals surface area (Å²) in [5.74, 6) is 4.92. The first-order valence-corrected chi connectivity index (χ1v) is 10.9. The summed E-state index contributed by atoms with van der Waals surface area (Å²) in [4.78, 5) is 4.20. The molecule has 1 aliphatic carbocycles. The fraction of sp³-hybridized carbons (Fsp3) is 0.385. The zero-order valence-corrected chi connectivity index (χ0v) is 19.2. The highest BCUT2D eigenvalue weighted by molar-refractivity contribution is 5.79. The molecule has 0 bridgehead atoms. The topological polar surface area (TPSA) is 51.3 Å². The molecule has 0 atom stereocenters. The van der Waals surface area contributed by atoms with Crippen molar-refractivity contribution in [3.63, 3.8) is 0 Å². The molecule has 0 radical (unpaired) electrons. The monoisotopic (exact) mass is 427 g/mol. The average Bonchev–Trinajstić information content (AvgIpc) is 2.77. The van der Waals surface area contributed by atoms with E-state index in [0.717, 1.165) is 5.92 Å². The molecule has 0 unspecified atom stereocenters. The van der Waals surface area contributed by atoms with Gasteiger partial charge in [-0.15, -0.1) is 0 Å². The summed E-state index contributed by atoms with van der Waals surface area (Å²) in [6, 6.07) is 7.30. The Kier molecular flexibility index (Phi) is 12.0. The minimum atomic E-state index is -0.586. The van der Waals surface area contributed by atoms with Crippen molar-refractivity contribution in [2.75, 3.05) is 0 Å². The Morgan fingerprint density at radius 1 is 1.10 bits per heavy atom. The van der Waals surface area contributed by atoms with Gasteiger partial charge in [0.1, 0.15) is 17.3 Å². The van der Waals surface area contributed by atoms with Crippen molar-refractivity contribution >= 4 is 11.8 Å². The van der Waals surface area contributed by atoms with Gasteiger partial charge in [0.2, 0.25) is 0 Å². The summed E-state index contributed by atoms with van der Waals surface area (Å²) < 4.78 is 28.1. The molecular weight excluding hydrogens is 392 g/mol. The second-order valence-electron chi connectivity index (χ2n) is 7.38. The molecule has 1 aliphatic rings. The second-order valence-corrected chi connectivity index (χ2v) is 7.38. The number of nitrogens with zero attached hydrogens (tertiary/aromatic N) is 2. The van der Waals surface area contributed by atoms with Crippen LogP contribution >= 0.6 is 0 Å². The molecule has 0 saturated heterocycles. The van der Waals surface area contributed by atoms with E-state index in [1.807, 2.05) is 13.8 Å². The lowest BCUT2D eigenvalue weighted by atomic mass is 9.91. The van der Waals surface area contributed by atoms with Crippen molar-refractivity contribution in [2.24, 2.45) is 16.9 Å². The molecule has 5 heteroatoms. The number of benzene rings is 1. The van der Waals surface area contributed by atoms with Crippen LogP contribution in [-0.2, 0) is 0 Å². The number of hydrogen-bond acceptors (Lipinski definition) is 3. The normalized spacial score (nSPS) is 14.0. The lowest BCUT2D eigenvalue weighted by molar-refractivity contribution is 0.385. The highest BCUT2D eigenvalue weighted by Gasteiger charge is 2.15. The summed E-state index contributed by atoms with van der Waals surface area (Å²) in [6.45, 7) is 11.9. The van der Waals surface area contributed by atoms with Crippen LogP contribution in [0.3, 0.4) is 0 Å². The van der Waals surface area contributed by atoms with Crippen LogP contribution < -0.4 is 5.84 Å². The van der Waals surface area contributed by atoms with E-state index >= 15 is 0 Å². The maximum absolute atomic E-state index is 14.1. The quantitative estimate of drug-likeness (QED) is 0.238. The minimum Gasteiger partial charge on any atom is -0.323 e. The van der Waals surface area contributed by atoms with E-state index in [1.165, 1.54) is 56.5 Å². The third kappa shape index (κ3) is 8.44. The molecule has 2 N–H and O–H groups in total. The molecule has 1 fully saturated rings. The first-order chi connectivity index (χ1) is 14.9. The van der Waals surface area contributed by atoms with E-state index in [9.17, 15) is 8.78 Å². The molecule has 1 aromatic carbocycles. The zero-order valence-electron chi connectivity index (χ0n) is 19.2. The molecule has 2 aromatic rings. The maximum atomic E-state index is 14.1. The van der Waals surface area contributed by atoms with Gasteiger partial charge in [-0.2, -0.15) is 5.10 Å². The van der Waals surface area contributed by atoms with Crippen molar-refractivity contribution in [1.82, 2.24) is 4.98 Å². The Balaban J connectivity index is 0.000000447. The standard InChI is InChI=1S/C17H15F2N3.C7H14.C2H6/c1-11(6-4-10-21-20)15-9-8-14(19)17(22-15)16-12(2)5-3-7-13(16)18;1-7-5-3-2-4-6-7;1-2/h3-10H,1,20H2,2H3;7H,2-6H2,1H3;1-2H3/b6-4-,21-10-;;. The van der Waals surface area contributed by atoms with E-state index in [1.54, 1.807) is 31.2 Å². The van der Waals surface area contributed by atoms with Crippen LogP contribution in [0.4, 0.5) is 8.78 Å². The van der Waals surface area contributed by atoms with Crippen LogP contribution in [0.1, 0.15) is 64.1 Å². The molecule has 1 heterocycles. The lowest BCUT2D eigenvalue weighted by Crippen LogP contribution is -1.99. The van der Waals surface area contributed by atoms with Gasteiger partial charge in [0, 0.05) is 11.8 Å². The number of nitrogens with two attached hydrogens (primary N) is 1. The SMILES string of the molecule is C=C(/C=C\C=N/N)c1ccc(F)c(-c2c(C)cccc2F)n1.CC.CC1CCCCC1. The van der Waals surface area contributed by atoms with Gasteiger partial charge in [-0.1, -0.05) is 77.7 Å². The van der Waals surface area contributed by atoms with Gasteiger partial charge in [0.05, 0.1) is 5.69 Å². The van der Waals surface area contributed by atoms with E-state index in [4.69, 9.17) is 5.84 Å². The Hall–Kier alpha value is -2.82. The number of pyridine rings is 1. The molecule has 31 heavy (non-hydrogen) atoms. The van der Waals surface area contributed by atoms with E-state index in [0.29, 0.717) is 16.8 Å². The lowest BCUT2D eigenvalue weighted by Gasteiger charge is -2.15. The van der Waals surface area contributed by atoms with Crippen LogP contribution in [0.25, 0.3) is 16.8 Å². The Bertz CT molecular complexity index is 862. The van der Waals surface area contributed by atoms with Crippen LogP contribution in [0.2, 0.25) is 0 Å². The van der Waals surface area contributed by atoms with Crippen molar-refractivity contribution in [1.29, 1.82) is 0 Å². The predicted octanol–water partition coefficient (Wildman–Crippen LogP) is 7.46. The molecule has 0 spiro atoms. The Labute approximate surface area is 185 Å². The van der Waals surface area contributed by atoms with Gasteiger partial charge < -0.3 is 5.84 Å². The van der Waals surface area contributed by atoms with Crippen LogP contribution in [-0.4, -0.2) is 11.2 Å². The number of rotatable bonds is 4. The number of aryl methyl sites for hydroxylation is 1. The summed E-state index contributed by atoms with van der Waals surface area (Å²) in [7, 11) is 0. The minimum absolute atomic E-state index is 0.0323. The molecular formula is C26H35F2N3. The summed E-state index contributed by atoms with van der Waals surface area (Å²) >= 11 is 0. The van der Waals surface area contributed by atoms with E-state index in [-0.39, 0.29) is 11.3 Å². The fourth-order valence-corrected chi connectivity index (χ4v) is 3.33. The van der Waals surface area contributed by atoms with Gasteiger partial charge in [-0.05, 0) is 48.3 Å². The number of hydrazone groups is 1. The first kappa shape index (κ1) is 26.2. The number of allylic oxidation sites excluding steroid dienone is 3. The number of aromatic nitrogens is 1. The zero-order chi connectivity index (χ0) is 23.2. The molecule has 1 aromatic heterocycles. The van der Waals surface area contributed by atoms with Gasteiger partial charge >= 0.3 is 0 Å². The Morgan fingerprint density at radius 2 is 1.77 bits per heavy atom. The third-order valence-corrected chi connectivity index (χ3v) is 5.00. The van der Waals surface area contributed by atoms with Crippen LogP contribution in [0.15, 0.2) is 54.2 Å². The molecule has 0 amide bonds. The van der Waals surface area contributed by atoms with Crippen molar-refractivity contribution in [3.8, 4) is 11.3 Å². The van der Waals surface area contributed by atoms with Crippen molar-refractivity contribution < 1.29 is 8.78 Å². The predicted molar refractivity (Wildman–Crippen MR) is 129 cm³/mol. The molecule has 3 nitrogen and oxygen atoms in total. The van der Waals surface area contributed by atoms with Gasteiger partial charge in [-0.3, -0.25) is 0 Å². The molecule has 1 saturated carbocycles. The van der Waals surface area contributed by atoms with Gasteiger partial charge in [0.25, 0.3) is 0 Å². The third-order valence-electron chi connectivity index (χ3n) is 5.00.